The Morgan fingerprint density at radius 1 is 1.18 bits per heavy atom. The van der Waals surface area contributed by atoms with Crippen LogP contribution in [0.15, 0.2) is 35.5 Å². The van der Waals surface area contributed by atoms with Crippen molar-refractivity contribution in [2.45, 2.75) is 56.5 Å². The van der Waals surface area contributed by atoms with Crippen LogP contribution in [0.4, 0.5) is 0 Å². The van der Waals surface area contributed by atoms with E-state index in [-0.39, 0.29) is 30.2 Å². The first kappa shape index (κ1) is 18.6. The van der Waals surface area contributed by atoms with Crippen LogP contribution in [0, 0.1) is 11.3 Å². The monoisotopic (exact) mass is 388 g/mol. The Morgan fingerprint density at radius 3 is 2.79 bits per heavy atom. The number of hydrogen-bond acceptors (Lipinski definition) is 6. The molecular formula is C22H28O6. The quantitative estimate of drug-likeness (QED) is 0.547. The molecule has 0 aromatic carbocycles. The second-order valence-corrected chi connectivity index (χ2v) is 8.70. The molecule has 6 nitrogen and oxygen atoms in total. The summed E-state index contributed by atoms with van der Waals surface area (Å²) in [5.74, 6) is -0.558. The molecular weight excluding hydrogens is 360 g/mol. The number of ether oxygens (including phenoxy) is 5. The van der Waals surface area contributed by atoms with Gasteiger partial charge in [0.05, 0.1) is 18.8 Å². The first-order valence-corrected chi connectivity index (χ1v) is 10.2. The molecule has 1 spiro atoms. The fraction of sp³-hybridized carbons (Fsp3) is 0.682. The molecule has 5 rings (SSSR count). The van der Waals surface area contributed by atoms with E-state index in [1.54, 1.807) is 7.11 Å². The van der Waals surface area contributed by atoms with Crippen LogP contribution < -0.4 is 0 Å². The maximum absolute atomic E-state index is 11.8. The highest BCUT2D eigenvalue weighted by Crippen LogP contribution is 2.65. The van der Waals surface area contributed by atoms with Crippen LogP contribution in [0.5, 0.6) is 0 Å². The first-order valence-electron chi connectivity index (χ1n) is 10.2. The number of methoxy groups -OCH3 is 1. The van der Waals surface area contributed by atoms with Crippen LogP contribution in [0.3, 0.4) is 0 Å². The molecule has 0 bridgehead atoms. The third-order valence-corrected chi connectivity index (χ3v) is 7.53. The van der Waals surface area contributed by atoms with Crippen molar-refractivity contribution in [3.05, 3.63) is 35.5 Å². The Labute approximate surface area is 165 Å². The smallest absolute Gasteiger partial charge is 0.331 e. The third-order valence-electron chi connectivity index (χ3n) is 7.53. The van der Waals surface area contributed by atoms with Gasteiger partial charge in [-0.25, -0.2) is 4.79 Å². The number of rotatable bonds is 3. The van der Waals surface area contributed by atoms with Crippen molar-refractivity contribution in [2.24, 2.45) is 11.3 Å². The van der Waals surface area contributed by atoms with Crippen LogP contribution in [-0.2, 0) is 28.5 Å². The van der Waals surface area contributed by atoms with Gasteiger partial charge >= 0.3 is 5.97 Å². The number of esters is 1. The number of hydrogen-bond donors (Lipinski definition) is 0. The summed E-state index contributed by atoms with van der Waals surface area (Å²) in [6, 6.07) is 0. The molecule has 2 fully saturated rings. The van der Waals surface area contributed by atoms with E-state index in [1.807, 2.05) is 6.08 Å². The standard InChI is InChI=1S/C22H28O6/c1-20-8-5-16-13-15-3-4-19(23)28-17(15)6-9-21(16,27-14-24-2)18(20)7-10-22(20)25-11-12-26-22/h3-5,13,17-18H,6-12,14H2,1-2H3/t17?,18-,20+,21-/m1/s1. The number of fused-ring (bicyclic) bond motifs is 5. The maximum atomic E-state index is 11.8. The van der Waals surface area contributed by atoms with Crippen LogP contribution in [0.1, 0.15) is 39.0 Å². The van der Waals surface area contributed by atoms with Crippen LogP contribution in [0.25, 0.3) is 0 Å². The molecule has 0 aromatic heterocycles. The molecule has 3 aliphatic carbocycles. The van der Waals surface area contributed by atoms with E-state index in [1.165, 1.54) is 11.6 Å². The van der Waals surface area contributed by atoms with Gasteiger partial charge < -0.3 is 23.7 Å². The summed E-state index contributed by atoms with van der Waals surface area (Å²) in [6.45, 7) is 3.81. The van der Waals surface area contributed by atoms with Crippen molar-refractivity contribution >= 4 is 5.97 Å². The lowest BCUT2D eigenvalue weighted by Crippen LogP contribution is -2.56. The second kappa shape index (κ2) is 6.52. The van der Waals surface area contributed by atoms with Crippen molar-refractivity contribution in [3.63, 3.8) is 0 Å². The van der Waals surface area contributed by atoms with Gasteiger partial charge in [0.2, 0.25) is 0 Å². The number of carbonyl (C=O) groups excluding carboxylic acids is 1. The average Bonchev–Trinajstić information content (AvgIpc) is 3.24. The Kier molecular flexibility index (Phi) is 4.32. The van der Waals surface area contributed by atoms with Crippen molar-refractivity contribution in [1.82, 2.24) is 0 Å². The van der Waals surface area contributed by atoms with E-state index in [0.717, 1.165) is 37.7 Å². The Morgan fingerprint density at radius 2 is 2.00 bits per heavy atom. The summed E-state index contributed by atoms with van der Waals surface area (Å²) in [5, 5.41) is 0. The molecule has 2 aliphatic heterocycles. The molecule has 0 amide bonds. The minimum atomic E-state index is -0.526. The lowest BCUT2D eigenvalue weighted by atomic mass is 9.59. The first-order chi connectivity index (χ1) is 13.5. The fourth-order valence-electron chi connectivity index (χ4n) is 6.20. The molecule has 0 radical (unpaired) electrons. The Balaban J connectivity index is 1.59. The van der Waals surface area contributed by atoms with E-state index in [2.05, 4.69) is 19.1 Å². The summed E-state index contributed by atoms with van der Waals surface area (Å²) in [5.41, 5.74) is 1.55. The zero-order chi connectivity index (χ0) is 19.4. The molecule has 1 saturated heterocycles. The largest absolute Gasteiger partial charge is 0.454 e. The van der Waals surface area contributed by atoms with E-state index in [4.69, 9.17) is 23.7 Å². The molecule has 28 heavy (non-hydrogen) atoms. The van der Waals surface area contributed by atoms with Crippen LogP contribution in [-0.4, -0.2) is 50.6 Å². The molecule has 2 heterocycles. The predicted molar refractivity (Wildman–Crippen MR) is 100 cm³/mol. The minimum Gasteiger partial charge on any atom is -0.454 e. The van der Waals surface area contributed by atoms with Gasteiger partial charge in [-0.15, -0.1) is 0 Å². The molecule has 5 aliphatic rings. The van der Waals surface area contributed by atoms with Gasteiger partial charge in [0.1, 0.15) is 12.9 Å². The zero-order valence-corrected chi connectivity index (χ0v) is 16.6. The molecule has 152 valence electrons. The van der Waals surface area contributed by atoms with E-state index < -0.39 is 11.4 Å². The fourth-order valence-corrected chi connectivity index (χ4v) is 6.20. The summed E-state index contributed by atoms with van der Waals surface area (Å²) >= 11 is 0. The lowest BCUT2D eigenvalue weighted by molar-refractivity contribution is -0.247. The molecule has 0 N–H and O–H groups in total. The highest BCUT2D eigenvalue weighted by atomic mass is 16.7. The van der Waals surface area contributed by atoms with Gasteiger partial charge in [-0.2, -0.15) is 0 Å². The zero-order valence-electron chi connectivity index (χ0n) is 16.6. The number of carbonyl (C=O) groups is 1. The van der Waals surface area contributed by atoms with Crippen LogP contribution >= 0.6 is 0 Å². The lowest BCUT2D eigenvalue weighted by Gasteiger charge is -2.53. The van der Waals surface area contributed by atoms with Gasteiger partial charge in [-0.1, -0.05) is 13.0 Å². The molecule has 4 atom stereocenters. The van der Waals surface area contributed by atoms with E-state index >= 15 is 0 Å². The topological polar surface area (TPSA) is 63.2 Å². The van der Waals surface area contributed by atoms with Crippen molar-refractivity contribution in [1.29, 1.82) is 0 Å². The second-order valence-electron chi connectivity index (χ2n) is 8.70. The Hall–Kier alpha value is -1.47. The summed E-state index contributed by atoms with van der Waals surface area (Å²) in [6.07, 6.45) is 11.8. The predicted octanol–water partition coefficient (Wildman–Crippen LogP) is 3.04. The minimum absolute atomic E-state index is 0.165. The molecule has 1 saturated carbocycles. The number of allylic oxidation sites excluding steroid dienone is 1. The van der Waals surface area contributed by atoms with E-state index in [0.29, 0.717) is 13.2 Å². The Bertz CT molecular complexity index is 761. The highest BCUT2D eigenvalue weighted by molar-refractivity contribution is 5.84. The summed E-state index contributed by atoms with van der Waals surface area (Å²) in [7, 11) is 1.65. The molecule has 0 aromatic rings. The third kappa shape index (κ3) is 2.45. The van der Waals surface area contributed by atoms with E-state index in [9.17, 15) is 4.79 Å². The SMILES string of the molecule is COCO[C@]12CCC3OC(=O)C=CC3=CC1=CC[C@@]1(C)[C@H]2CCC12OCCO2. The van der Waals surface area contributed by atoms with Crippen molar-refractivity contribution < 1.29 is 28.5 Å². The van der Waals surface area contributed by atoms with Gasteiger partial charge in [0, 0.05) is 30.9 Å². The van der Waals surface area contributed by atoms with Crippen LogP contribution in [0.2, 0.25) is 0 Å². The van der Waals surface area contributed by atoms with Gasteiger partial charge in [0.15, 0.2) is 5.79 Å². The molecule has 1 unspecified atom stereocenters. The van der Waals surface area contributed by atoms with Gasteiger partial charge in [-0.05, 0) is 49.0 Å². The van der Waals surface area contributed by atoms with Crippen molar-refractivity contribution in [3.8, 4) is 0 Å². The summed E-state index contributed by atoms with van der Waals surface area (Å²) < 4.78 is 29.9. The highest BCUT2D eigenvalue weighted by Gasteiger charge is 2.68. The van der Waals surface area contributed by atoms with Crippen molar-refractivity contribution in [2.75, 3.05) is 27.1 Å². The maximum Gasteiger partial charge on any atom is 0.331 e. The van der Waals surface area contributed by atoms with Gasteiger partial charge in [0.25, 0.3) is 0 Å². The summed E-state index contributed by atoms with van der Waals surface area (Å²) in [4.78, 5) is 11.8. The normalized spacial score (nSPS) is 40.9. The van der Waals surface area contributed by atoms with Gasteiger partial charge in [-0.3, -0.25) is 0 Å². The average molecular weight is 388 g/mol. The molecule has 6 heteroatoms.